The molecule has 0 spiro atoms. The number of halogens is 1. The summed E-state index contributed by atoms with van der Waals surface area (Å²) in [6, 6.07) is 14.0. The summed E-state index contributed by atoms with van der Waals surface area (Å²) in [4.78, 5) is 0. The lowest BCUT2D eigenvalue weighted by molar-refractivity contribution is 0.146. The fourth-order valence-corrected chi connectivity index (χ4v) is 2.07. The molecule has 2 aromatic carbocycles. The molecule has 112 valence electrons. The first-order valence-electron chi connectivity index (χ1n) is 6.90. The van der Waals surface area contributed by atoms with Crippen molar-refractivity contribution in [3.63, 3.8) is 0 Å². The third-order valence-corrected chi connectivity index (χ3v) is 3.55. The minimum Gasteiger partial charge on any atom is -0.491 e. The van der Waals surface area contributed by atoms with E-state index in [1.807, 2.05) is 43.3 Å². The molecule has 4 heteroatoms. The zero-order chi connectivity index (χ0) is 15.1. The van der Waals surface area contributed by atoms with Crippen molar-refractivity contribution in [3.8, 4) is 5.75 Å². The molecule has 2 aromatic rings. The molecule has 0 fully saturated rings. The molecular formula is C17H20ClNO2. The van der Waals surface area contributed by atoms with Crippen molar-refractivity contribution >= 4 is 17.3 Å². The van der Waals surface area contributed by atoms with Crippen LogP contribution >= 0.6 is 11.6 Å². The Balaban J connectivity index is 1.86. The third-order valence-electron chi connectivity index (χ3n) is 3.14. The predicted octanol–water partition coefficient (Wildman–Crippen LogP) is 4.29. The number of rotatable bonds is 7. The summed E-state index contributed by atoms with van der Waals surface area (Å²) in [7, 11) is 1.66. The van der Waals surface area contributed by atoms with Crippen molar-refractivity contribution in [2.24, 2.45) is 0 Å². The summed E-state index contributed by atoms with van der Waals surface area (Å²) in [6.07, 6.45) is 0. The fourth-order valence-electron chi connectivity index (χ4n) is 1.86. The molecule has 0 amide bonds. The zero-order valence-electron chi connectivity index (χ0n) is 12.4. The molecule has 0 radical (unpaired) electrons. The third kappa shape index (κ3) is 4.96. The first-order valence-corrected chi connectivity index (χ1v) is 7.27. The van der Waals surface area contributed by atoms with E-state index in [0.717, 1.165) is 34.1 Å². The maximum atomic E-state index is 6.12. The summed E-state index contributed by atoms with van der Waals surface area (Å²) in [5, 5.41) is 4.17. The average molecular weight is 306 g/mol. The Kier molecular flexibility index (Phi) is 5.90. The molecule has 0 saturated heterocycles. The van der Waals surface area contributed by atoms with Crippen molar-refractivity contribution in [3.05, 3.63) is 58.6 Å². The molecule has 0 bridgehead atoms. The lowest BCUT2D eigenvalue weighted by atomic mass is 10.1. The van der Waals surface area contributed by atoms with Gasteiger partial charge in [-0.05, 0) is 48.4 Å². The van der Waals surface area contributed by atoms with E-state index in [0.29, 0.717) is 13.2 Å². The minimum atomic E-state index is 0.561. The van der Waals surface area contributed by atoms with Crippen molar-refractivity contribution in [2.45, 2.75) is 13.5 Å². The number of methoxy groups -OCH3 is 1. The van der Waals surface area contributed by atoms with Gasteiger partial charge in [0.1, 0.15) is 12.4 Å². The van der Waals surface area contributed by atoms with E-state index < -0.39 is 0 Å². The standard InChI is InChI=1S/C17H20ClNO2/c1-13-3-4-14(11-17(13)18)12-19-15-5-7-16(8-6-15)21-10-9-20-2/h3-8,11,19H,9-10,12H2,1-2H3. The second kappa shape index (κ2) is 7.91. The number of nitrogens with one attached hydrogen (secondary N) is 1. The number of hydrogen-bond acceptors (Lipinski definition) is 3. The minimum absolute atomic E-state index is 0.561. The normalized spacial score (nSPS) is 10.4. The van der Waals surface area contributed by atoms with Gasteiger partial charge in [0.05, 0.1) is 6.61 Å². The lowest BCUT2D eigenvalue weighted by Crippen LogP contribution is -2.04. The van der Waals surface area contributed by atoms with Gasteiger partial charge in [-0.15, -0.1) is 0 Å². The predicted molar refractivity (Wildman–Crippen MR) is 87.3 cm³/mol. The Morgan fingerprint density at radius 1 is 1.05 bits per heavy atom. The molecule has 2 rings (SSSR count). The first-order chi connectivity index (χ1) is 10.2. The van der Waals surface area contributed by atoms with Gasteiger partial charge >= 0.3 is 0 Å². The number of aryl methyl sites for hydroxylation is 1. The quantitative estimate of drug-likeness (QED) is 0.774. The molecule has 0 aliphatic carbocycles. The number of hydrogen-bond donors (Lipinski definition) is 1. The van der Waals surface area contributed by atoms with Gasteiger partial charge in [0.2, 0.25) is 0 Å². The fraction of sp³-hybridized carbons (Fsp3) is 0.294. The molecule has 3 nitrogen and oxygen atoms in total. The van der Waals surface area contributed by atoms with Crippen molar-refractivity contribution in [1.82, 2.24) is 0 Å². The highest BCUT2D eigenvalue weighted by molar-refractivity contribution is 6.31. The molecule has 0 unspecified atom stereocenters. The van der Waals surface area contributed by atoms with Crippen LogP contribution in [0.25, 0.3) is 0 Å². The van der Waals surface area contributed by atoms with Crippen LogP contribution in [-0.4, -0.2) is 20.3 Å². The van der Waals surface area contributed by atoms with Crippen molar-refractivity contribution < 1.29 is 9.47 Å². The van der Waals surface area contributed by atoms with Crippen molar-refractivity contribution in [1.29, 1.82) is 0 Å². The summed E-state index contributed by atoms with van der Waals surface area (Å²) < 4.78 is 10.5. The van der Waals surface area contributed by atoms with Crippen molar-refractivity contribution in [2.75, 3.05) is 25.6 Å². The SMILES string of the molecule is COCCOc1ccc(NCc2ccc(C)c(Cl)c2)cc1. The van der Waals surface area contributed by atoms with Gasteiger partial charge in [0, 0.05) is 24.4 Å². The maximum absolute atomic E-state index is 6.12. The highest BCUT2D eigenvalue weighted by Crippen LogP contribution is 2.19. The Labute approximate surface area is 130 Å². The van der Waals surface area contributed by atoms with Gasteiger partial charge in [-0.25, -0.2) is 0 Å². The molecule has 21 heavy (non-hydrogen) atoms. The molecule has 0 aliphatic rings. The molecule has 0 atom stereocenters. The van der Waals surface area contributed by atoms with E-state index in [9.17, 15) is 0 Å². The smallest absolute Gasteiger partial charge is 0.119 e. The van der Waals surface area contributed by atoms with Crippen LogP contribution < -0.4 is 10.1 Å². The monoisotopic (exact) mass is 305 g/mol. The Hall–Kier alpha value is -1.71. The highest BCUT2D eigenvalue weighted by Gasteiger charge is 1.99. The van der Waals surface area contributed by atoms with Gasteiger partial charge in [-0.1, -0.05) is 23.7 Å². The largest absolute Gasteiger partial charge is 0.491 e. The van der Waals surface area contributed by atoms with E-state index in [-0.39, 0.29) is 0 Å². The first kappa shape index (κ1) is 15.7. The van der Waals surface area contributed by atoms with E-state index in [4.69, 9.17) is 21.1 Å². The molecule has 0 saturated carbocycles. The summed E-state index contributed by atoms with van der Waals surface area (Å²) >= 11 is 6.12. The van der Waals surface area contributed by atoms with E-state index >= 15 is 0 Å². The lowest BCUT2D eigenvalue weighted by Gasteiger charge is -2.09. The Bertz CT molecular complexity index is 570. The van der Waals surface area contributed by atoms with Crippen LogP contribution in [0.1, 0.15) is 11.1 Å². The molecule has 0 heterocycles. The topological polar surface area (TPSA) is 30.5 Å². The number of anilines is 1. The van der Waals surface area contributed by atoms with E-state index in [2.05, 4.69) is 11.4 Å². The van der Waals surface area contributed by atoms with E-state index in [1.165, 1.54) is 0 Å². The highest BCUT2D eigenvalue weighted by atomic mass is 35.5. The summed E-state index contributed by atoms with van der Waals surface area (Å²) in [5.41, 5.74) is 3.30. The number of ether oxygens (including phenoxy) is 2. The Morgan fingerprint density at radius 3 is 2.48 bits per heavy atom. The van der Waals surface area contributed by atoms with Crippen LogP contribution in [0.15, 0.2) is 42.5 Å². The van der Waals surface area contributed by atoms with Gasteiger partial charge in [0.25, 0.3) is 0 Å². The molecule has 1 N–H and O–H groups in total. The maximum Gasteiger partial charge on any atom is 0.119 e. The zero-order valence-corrected chi connectivity index (χ0v) is 13.1. The van der Waals surface area contributed by atoms with Crippen LogP contribution in [-0.2, 0) is 11.3 Å². The Morgan fingerprint density at radius 2 is 1.81 bits per heavy atom. The van der Waals surface area contributed by atoms with Gasteiger partial charge in [-0.3, -0.25) is 0 Å². The van der Waals surface area contributed by atoms with E-state index in [1.54, 1.807) is 7.11 Å². The van der Waals surface area contributed by atoms with Crippen LogP contribution in [0.4, 0.5) is 5.69 Å². The van der Waals surface area contributed by atoms with Crippen LogP contribution in [0.3, 0.4) is 0 Å². The number of benzene rings is 2. The van der Waals surface area contributed by atoms with Crippen LogP contribution in [0.5, 0.6) is 5.75 Å². The molecule has 0 aromatic heterocycles. The van der Waals surface area contributed by atoms with Gasteiger partial charge < -0.3 is 14.8 Å². The second-order valence-electron chi connectivity index (χ2n) is 4.80. The summed E-state index contributed by atoms with van der Waals surface area (Å²) in [5.74, 6) is 0.844. The average Bonchev–Trinajstić information content (AvgIpc) is 2.50. The second-order valence-corrected chi connectivity index (χ2v) is 5.21. The molecular weight excluding hydrogens is 286 g/mol. The van der Waals surface area contributed by atoms with Gasteiger partial charge in [-0.2, -0.15) is 0 Å². The van der Waals surface area contributed by atoms with Gasteiger partial charge in [0.15, 0.2) is 0 Å². The summed E-state index contributed by atoms with van der Waals surface area (Å²) in [6.45, 7) is 3.89. The van der Waals surface area contributed by atoms with Crippen LogP contribution in [0.2, 0.25) is 5.02 Å². The van der Waals surface area contributed by atoms with Crippen LogP contribution in [0, 0.1) is 6.92 Å². The molecule has 0 aliphatic heterocycles.